The monoisotopic (exact) mass is 219 g/mol. The van der Waals surface area contributed by atoms with Gasteiger partial charge in [-0.25, -0.2) is 8.42 Å². The van der Waals surface area contributed by atoms with Crippen LogP contribution in [0.3, 0.4) is 0 Å². The molecule has 0 aromatic carbocycles. The summed E-state index contributed by atoms with van der Waals surface area (Å²) in [4.78, 5) is 0. The molecule has 0 saturated heterocycles. The zero-order valence-corrected chi connectivity index (χ0v) is 8.90. The molecule has 0 heterocycles. The van der Waals surface area contributed by atoms with Gasteiger partial charge in [0.2, 0.25) is 0 Å². The Hall–Kier alpha value is 0.200. The Labute approximate surface area is 90.6 Å². The number of nitrogens with zero attached hydrogens (tertiary/aromatic N) is 1. The average Bonchev–Trinajstić information content (AvgIpc) is 1.35. The van der Waals surface area contributed by atoms with Crippen LogP contribution in [0.5, 0.6) is 0 Å². The van der Waals surface area contributed by atoms with E-state index < -0.39 is 10.1 Å². The van der Waals surface area contributed by atoms with Crippen LogP contribution in [0.25, 0.3) is 0 Å². The molecular weight excluding hydrogens is 209 g/mol. The summed E-state index contributed by atoms with van der Waals surface area (Å²) in [7, 11) is -4.61. The molecular formula is CH10NNaO8S. The van der Waals surface area contributed by atoms with Gasteiger partial charge in [-0.1, -0.05) is 0 Å². The molecule has 0 aromatic heterocycles. The predicted octanol–water partition coefficient (Wildman–Crippen LogP) is -8.11. The van der Waals surface area contributed by atoms with Crippen molar-refractivity contribution < 1.29 is 69.9 Å². The average molecular weight is 219 g/mol. The Morgan fingerprint density at radius 1 is 1.00 bits per heavy atom. The molecule has 0 aliphatic rings. The van der Waals surface area contributed by atoms with E-state index in [1.54, 1.807) is 0 Å². The van der Waals surface area contributed by atoms with E-state index in [1.165, 1.54) is 0 Å². The van der Waals surface area contributed by atoms with Crippen molar-refractivity contribution in [2.75, 3.05) is 0 Å². The number of rotatable bonds is 0. The number of nitriles is 1. The number of hydrogen-bond acceptors (Lipinski definition) is 4. The second-order valence-electron chi connectivity index (χ2n) is 0.545. The first kappa shape index (κ1) is 56.6. The van der Waals surface area contributed by atoms with Gasteiger partial charge in [0.05, 0.1) is 0 Å². The van der Waals surface area contributed by atoms with Gasteiger partial charge in [0.1, 0.15) is 0 Å². The zero-order chi connectivity index (χ0) is 5.21. The van der Waals surface area contributed by atoms with Crippen LogP contribution in [-0.2, 0) is 10.1 Å². The quantitative estimate of drug-likeness (QED) is 0.166. The second kappa shape index (κ2) is 22.5. The van der Waals surface area contributed by atoms with E-state index in [0.29, 0.717) is 5.40 Å². The summed E-state index contributed by atoms with van der Waals surface area (Å²) in [6.45, 7) is 0. The van der Waals surface area contributed by atoms with Crippen LogP contribution >= 0.6 is 0 Å². The van der Waals surface area contributed by atoms with E-state index in [2.05, 4.69) is 0 Å². The molecule has 0 fully saturated rings. The van der Waals surface area contributed by atoms with Gasteiger partial charge in [-0.05, 0) is 0 Å². The maximum Gasteiger partial charge on any atom is 1.00 e. The van der Waals surface area contributed by atoms with Crippen LogP contribution in [0.1, 0.15) is 0 Å². The maximum atomic E-state index is 9.08. The minimum Gasteiger partial charge on any atom is -0.736 e. The minimum absolute atomic E-state index is 0. The Morgan fingerprint density at radius 3 is 1.08 bits per heavy atom. The Morgan fingerprint density at radius 2 is 1.08 bits per heavy atom. The topological polar surface area (TPSA) is 238 Å². The zero-order valence-electron chi connectivity index (χ0n) is 6.08. The largest absolute Gasteiger partial charge is 1.00 e. The standard InChI is InChI=1S/CHNO3S.Na.5H2O/c2-1-6(3,4)5;;;;;;/h(H,3,4,5);;5*1H2/q;+1;;;;;/p-1. The fourth-order valence-corrected chi connectivity index (χ4v) is 0. The third kappa shape index (κ3) is 84.3. The summed E-state index contributed by atoms with van der Waals surface area (Å²) in [6.07, 6.45) is 0. The molecule has 0 saturated carbocycles. The summed E-state index contributed by atoms with van der Waals surface area (Å²) >= 11 is 0. The van der Waals surface area contributed by atoms with E-state index in [-0.39, 0.29) is 56.9 Å². The second-order valence-corrected chi connectivity index (χ2v) is 1.64. The fourth-order valence-electron chi connectivity index (χ4n) is 0. The summed E-state index contributed by atoms with van der Waals surface area (Å²) in [5, 5.41) is 7.77. The normalized spacial score (nSPS) is 5.00. The molecule has 12 heavy (non-hydrogen) atoms. The van der Waals surface area contributed by atoms with Gasteiger partial charge in [0.25, 0.3) is 0 Å². The van der Waals surface area contributed by atoms with Crippen LogP contribution in [-0.4, -0.2) is 40.4 Å². The van der Waals surface area contributed by atoms with Crippen LogP contribution in [0.15, 0.2) is 0 Å². The van der Waals surface area contributed by atoms with Crippen molar-refractivity contribution in [1.82, 2.24) is 0 Å². The van der Waals surface area contributed by atoms with Gasteiger partial charge in [0.15, 0.2) is 15.5 Å². The van der Waals surface area contributed by atoms with Crippen molar-refractivity contribution in [2.45, 2.75) is 0 Å². The fraction of sp³-hybridized carbons (Fsp3) is 0. The summed E-state index contributed by atoms with van der Waals surface area (Å²) < 4.78 is 27.2. The van der Waals surface area contributed by atoms with Gasteiger partial charge in [-0.2, -0.15) is 5.26 Å². The molecule has 0 amide bonds. The molecule has 0 rings (SSSR count). The Bertz CT molecular complexity index is 168. The van der Waals surface area contributed by atoms with Crippen LogP contribution in [0.2, 0.25) is 0 Å². The van der Waals surface area contributed by atoms with E-state index >= 15 is 0 Å². The van der Waals surface area contributed by atoms with Crippen LogP contribution < -0.4 is 29.6 Å². The van der Waals surface area contributed by atoms with Crippen LogP contribution in [0, 0.1) is 10.7 Å². The molecule has 0 aliphatic carbocycles. The van der Waals surface area contributed by atoms with Gasteiger partial charge in [-0.3, -0.25) is 0 Å². The molecule has 0 radical (unpaired) electrons. The van der Waals surface area contributed by atoms with Gasteiger partial charge < -0.3 is 31.9 Å². The summed E-state index contributed by atoms with van der Waals surface area (Å²) in [6, 6.07) is 0. The Kier molecular flexibility index (Phi) is 106. The molecule has 0 atom stereocenters. The molecule has 11 heteroatoms. The number of thiocyanates is 1. The molecule has 0 spiro atoms. The third-order valence-electron chi connectivity index (χ3n) is 0.112. The first-order valence-electron chi connectivity index (χ1n) is 0.928. The van der Waals surface area contributed by atoms with Gasteiger partial charge >= 0.3 is 29.6 Å². The van der Waals surface area contributed by atoms with Crippen molar-refractivity contribution in [3.05, 3.63) is 0 Å². The van der Waals surface area contributed by atoms with Crippen molar-refractivity contribution in [3.63, 3.8) is 0 Å². The number of hydrogen-bond donors (Lipinski definition) is 0. The predicted molar refractivity (Wildman–Crippen MR) is 33.4 cm³/mol. The van der Waals surface area contributed by atoms with E-state index in [1.807, 2.05) is 0 Å². The van der Waals surface area contributed by atoms with Crippen LogP contribution in [0.4, 0.5) is 0 Å². The molecule has 0 bridgehead atoms. The maximum absolute atomic E-state index is 9.08. The van der Waals surface area contributed by atoms with Crippen molar-refractivity contribution >= 4 is 10.1 Å². The van der Waals surface area contributed by atoms with Crippen molar-refractivity contribution in [2.24, 2.45) is 0 Å². The first-order valence-corrected chi connectivity index (χ1v) is 2.34. The SMILES string of the molecule is N#CS(=O)(=O)[O-].O.O.O.O.O.[Na+]. The van der Waals surface area contributed by atoms with Gasteiger partial charge in [-0.15, -0.1) is 0 Å². The van der Waals surface area contributed by atoms with E-state index in [0.717, 1.165) is 0 Å². The third-order valence-corrected chi connectivity index (χ3v) is 0.335. The molecule has 9 nitrogen and oxygen atoms in total. The summed E-state index contributed by atoms with van der Waals surface area (Å²) in [5.41, 5.74) is 0. The van der Waals surface area contributed by atoms with Gasteiger partial charge in [0, 0.05) is 0 Å². The molecule has 0 aliphatic heterocycles. The molecule has 74 valence electrons. The van der Waals surface area contributed by atoms with E-state index in [4.69, 9.17) is 18.2 Å². The van der Waals surface area contributed by atoms with E-state index in [9.17, 15) is 0 Å². The first-order chi connectivity index (χ1) is 2.56. The molecule has 0 unspecified atom stereocenters. The van der Waals surface area contributed by atoms with Crippen molar-refractivity contribution in [1.29, 1.82) is 5.26 Å². The smallest absolute Gasteiger partial charge is 0.736 e. The molecule has 0 aromatic rings. The Balaban J connectivity index is -0.00000000833. The molecule has 10 N–H and O–H groups in total. The minimum atomic E-state index is -4.61. The van der Waals surface area contributed by atoms with Crippen molar-refractivity contribution in [3.8, 4) is 5.40 Å². The summed E-state index contributed by atoms with van der Waals surface area (Å²) in [5.74, 6) is 0.